The molecule has 0 fully saturated rings. The Kier molecular flexibility index (Phi) is 6.94. The van der Waals surface area contributed by atoms with Crippen LogP contribution in [0.25, 0.3) is 0 Å². The Morgan fingerprint density at radius 1 is 0.955 bits per heavy atom. The van der Waals surface area contributed by atoms with Crippen molar-refractivity contribution in [1.82, 2.24) is 5.32 Å². The van der Waals surface area contributed by atoms with Gasteiger partial charge < -0.3 is 14.8 Å². The third kappa shape index (κ3) is 5.51. The maximum Gasteiger partial charge on any atom is 0.119 e. The lowest BCUT2D eigenvalue weighted by molar-refractivity contribution is 0.110. The first-order chi connectivity index (χ1) is 10.8. The van der Waals surface area contributed by atoms with Crippen molar-refractivity contribution in [2.75, 3.05) is 19.8 Å². The molecule has 1 N–H and O–H groups in total. The van der Waals surface area contributed by atoms with E-state index < -0.39 is 0 Å². The smallest absolute Gasteiger partial charge is 0.119 e. The second kappa shape index (κ2) is 9.23. The highest BCUT2D eigenvalue weighted by atomic mass is 16.5. The largest absolute Gasteiger partial charge is 0.491 e. The molecule has 0 spiro atoms. The Labute approximate surface area is 133 Å². The third-order valence-corrected chi connectivity index (χ3v) is 3.54. The molecule has 1 unspecified atom stereocenters. The predicted octanol–water partition coefficient (Wildman–Crippen LogP) is 3.95. The van der Waals surface area contributed by atoms with Gasteiger partial charge in [0.05, 0.1) is 6.61 Å². The van der Waals surface area contributed by atoms with Crippen molar-refractivity contribution in [1.29, 1.82) is 0 Å². The SMILES string of the molecule is CCOCCOc1ccc(C(C)NCc2ccccc2)cc1. The minimum absolute atomic E-state index is 0.303. The Bertz CT molecular complexity index is 525. The van der Waals surface area contributed by atoms with E-state index in [4.69, 9.17) is 9.47 Å². The van der Waals surface area contributed by atoms with Crippen LogP contribution in [0.4, 0.5) is 0 Å². The van der Waals surface area contributed by atoms with E-state index in [-0.39, 0.29) is 0 Å². The van der Waals surface area contributed by atoms with Crippen LogP contribution in [0.2, 0.25) is 0 Å². The molecule has 0 aromatic heterocycles. The van der Waals surface area contributed by atoms with Gasteiger partial charge in [-0.25, -0.2) is 0 Å². The number of ether oxygens (including phenoxy) is 2. The van der Waals surface area contributed by atoms with Crippen LogP contribution in [-0.4, -0.2) is 19.8 Å². The molecule has 0 saturated carbocycles. The van der Waals surface area contributed by atoms with Crippen molar-refractivity contribution in [2.45, 2.75) is 26.4 Å². The average Bonchev–Trinajstić information content (AvgIpc) is 2.58. The zero-order valence-electron chi connectivity index (χ0n) is 13.4. The number of nitrogens with one attached hydrogen (secondary N) is 1. The molecule has 0 heterocycles. The molecule has 0 aliphatic heterocycles. The van der Waals surface area contributed by atoms with Gasteiger partial charge in [-0.15, -0.1) is 0 Å². The van der Waals surface area contributed by atoms with E-state index in [1.807, 2.05) is 25.1 Å². The van der Waals surface area contributed by atoms with E-state index in [1.54, 1.807) is 0 Å². The Hall–Kier alpha value is -1.84. The van der Waals surface area contributed by atoms with Crippen molar-refractivity contribution in [2.24, 2.45) is 0 Å². The molecule has 2 aromatic rings. The highest BCUT2D eigenvalue weighted by Crippen LogP contribution is 2.18. The molecule has 3 nitrogen and oxygen atoms in total. The van der Waals surface area contributed by atoms with Gasteiger partial charge in [-0.1, -0.05) is 42.5 Å². The monoisotopic (exact) mass is 299 g/mol. The first-order valence-corrected chi connectivity index (χ1v) is 7.87. The van der Waals surface area contributed by atoms with Crippen LogP contribution in [0.15, 0.2) is 54.6 Å². The van der Waals surface area contributed by atoms with Crippen LogP contribution in [0.3, 0.4) is 0 Å². The molecule has 0 bridgehead atoms. The van der Waals surface area contributed by atoms with Gasteiger partial charge in [0.25, 0.3) is 0 Å². The summed E-state index contributed by atoms with van der Waals surface area (Å²) in [6, 6.07) is 19.0. The lowest BCUT2D eigenvalue weighted by atomic mass is 10.1. The van der Waals surface area contributed by atoms with Crippen LogP contribution in [0, 0.1) is 0 Å². The van der Waals surface area contributed by atoms with E-state index in [1.165, 1.54) is 11.1 Å². The van der Waals surface area contributed by atoms with Gasteiger partial charge in [0.1, 0.15) is 12.4 Å². The summed E-state index contributed by atoms with van der Waals surface area (Å²) >= 11 is 0. The van der Waals surface area contributed by atoms with E-state index in [2.05, 4.69) is 48.6 Å². The number of hydrogen-bond donors (Lipinski definition) is 1. The van der Waals surface area contributed by atoms with Crippen molar-refractivity contribution in [3.05, 3.63) is 65.7 Å². The van der Waals surface area contributed by atoms with Crippen molar-refractivity contribution in [3.8, 4) is 5.75 Å². The molecule has 3 heteroatoms. The number of benzene rings is 2. The zero-order valence-corrected chi connectivity index (χ0v) is 13.4. The predicted molar refractivity (Wildman–Crippen MR) is 90.1 cm³/mol. The fourth-order valence-electron chi connectivity index (χ4n) is 2.20. The quantitative estimate of drug-likeness (QED) is 0.711. The summed E-state index contributed by atoms with van der Waals surface area (Å²) < 4.78 is 10.9. The molecule has 118 valence electrons. The van der Waals surface area contributed by atoms with Gasteiger partial charge >= 0.3 is 0 Å². The summed E-state index contributed by atoms with van der Waals surface area (Å²) in [6.07, 6.45) is 0. The highest BCUT2D eigenvalue weighted by molar-refractivity contribution is 5.29. The van der Waals surface area contributed by atoms with Crippen LogP contribution in [0.5, 0.6) is 5.75 Å². The van der Waals surface area contributed by atoms with E-state index >= 15 is 0 Å². The van der Waals surface area contributed by atoms with Crippen LogP contribution < -0.4 is 10.1 Å². The van der Waals surface area contributed by atoms with Crippen molar-refractivity contribution < 1.29 is 9.47 Å². The first-order valence-electron chi connectivity index (χ1n) is 7.87. The van der Waals surface area contributed by atoms with Crippen molar-refractivity contribution in [3.63, 3.8) is 0 Å². The van der Waals surface area contributed by atoms with E-state index in [0.29, 0.717) is 19.3 Å². The average molecular weight is 299 g/mol. The van der Waals surface area contributed by atoms with Crippen LogP contribution >= 0.6 is 0 Å². The molecule has 0 aliphatic rings. The molecule has 0 amide bonds. The Morgan fingerprint density at radius 3 is 2.36 bits per heavy atom. The normalized spacial score (nSPS) is 12.1. The van der Waals surface area contributed by atoms with E-state index in [0.717, 1.165) is 18.9 Å². The molecule has 0 saturated heterocycles. The fourth-order valence-corrected chi connectivity index (χ4v) is 2.20. The summed E-state index contributed by atoms with van der Waals surface area (Å²) in [6.45, 7) is 6.98. The van der Waals surface area contributed by atoms with Gasteiger partial charge in [-0.05, 0) is 37.1 Å². The first kappa shape index (κ1) is 16.5. The summed E-state index contributed by atoms with van der Waals surface area (Å²) in [4.78, 5) is 0. The maximum absolute atomic E-state index is 5.63. The summed E-state index contributed by atoms with van der Waals surface area (Å²) in [5.41, 5.74) is 2.55. The molecule has 0 radical (unpaired) electrons. The summed E-state index contributed by atoms with van der Waals surface area (Å²) in [7, 11) is 0. The lowest BCUT2D eigenvalue weighted by Crippen LogP contribution is -2.18. The van der Waals surface area contributed by atoms with Crippen molar-refractivity contribution >= 4 is 0 Å². The lowest BCUT2D eigenvalue weighted by Gasteiger charge is -2.15. The van der Waals surface area contributed by atoms with Gasteiger partial charge in [0, 0.05) is 19.2 Å². The van der Waals surface area contributed by atoms with Gasteiger partial charge in [-0.2, -0.15) is 0 Å². The topological polar surface area (TPSA) is 30.5 Å². The van der Waals surface area contributed by atoms with Gasteiger partial charge in [0.15, 0.2) is 0 Å². The minimum atomic E-state index is 0.303. The number of hydrogen-bond acceptors (Lipinski definition) is 3. The van der Waals surface area contributed by atoms with Gasteiger partial charge in [0.2, 0.25) is 0 Å². The number of rotatable bonds is 9. The molecular formula is C19H25NO2. The molecule has 2 rings (SSSR count). The standard InChI is InChI=1S/C19H25NO2/c1-3-21-13-14-22-19-11-9-18(10-12-19)16(2)20-15-17-7-5-4-6-8-17/h4-12,16,20H,3,13-15H2,1-2H3. The third-order valence-electron chi connectivity index (χ3n) is 3.54. The summed E-state index contributed by atoms with van der Waals surface area (Å²) in [5.74, 6) is 0.888. The molecule has 22 heavy (non-hydrogen) atoms. The Balaban J connectivity index is 1.79. The second-order valence-electron chi connectivity index (χ2n) is 5.20. The van der Waals surface area contributed by atoms with E-state index in [9.17, 15) is 0 Å². The second-order valence-corrected chi connectivity index (χ2v) is 5.20. The Morgan fingerprint density at radius 2 is 1.68 bits per heavy atom. The molecule has 1 atom stereocenters. The minimum Gasteiger partial charge on any atom is -0.491 e. The maximum atomic E-state index is 5.63. The molecule has 0 aliphatic carbocycles. The highest BCUT2D eigenvalue weighted by Gasteiger charge is 2.05. The van der Waals surface area contributed by atoms with Gasteiger partial charge in [-0.3, -0.25) is 0 Å². The molecular weight excluding hydrogens is 274 g/mol. The zero-order chi connectivity index (χ0) is 15.6. The molecule has 2 aromatic carbocycles. The summed E-state index contributed by atoms with van der Waals surface area (Å²) in [5, 5.41) is 3.53. The van der Waals surface area contributed by atoms with Crippen LogP contribution in [-0.2, 0) is 11.3 Å². The fraction of sp³-hybridized carbons (Fsp3) is 0.368. The van der Waals surface area contributed by atoms with Crippen LogP contribution in [0.1, 0.15) is 31.0 Å².